The van der Waals surface area contributed by atoms with Gasteiger partial charge in [0.1, 0.15) is 0 Å². The molecule has 0 saturated heterocycles. The van der Waals surface area contributed by atoms with Crippen LogP contribution in [0.25, 0.3) is 0 Å². The number of aromatic amines is 4. The van der Waals surface area contributed by atoms with Crippen molar-refractivity contribution in [3.8, 4) is 0 Å². The third kappa shape index (κ3) is 9.53. The van der Waals surface area contributed by atoms with E-state index in [1.54, 1.807) is 0 Å². The van der Waals surface area contributed by atoms with Crippen LogP contribution in [0.5, 0.6) is 0 Å². The molecule has 368 valence electrons. The van der Waals surface area contributed by atoms with Crippen LogP contribution >= 0.6 is 192 Å². The number of rotatable bonds is 12. The minimum atomic E-state index is -0.545. The highest BCUT2D eigenvalue weighted by atomic mass is 32.3. The van der Waals surface area contributed by atoms with Gasteiger partial charge in [-0.15, -0.1) is 97.6 Å². The first-order valence-electron chi connectivity index (χ1n) is 23.0. The smallest absolute Gasteiger partial charge is 0.0717 e. The Bertz CT molecular complexity index is 2580. The highest BCUT2D eigenvalue weighted by Crippen LogP contribution is 2.70. The van der Waals surface area contributed by atoms with Crippen molar-refractivity contribution in [2.24, 2.45) is 0 Å². The summed E-state index contributed by atoms with van der Waals surface area (Å²) < 4.78 is 11.5. The van der Waals surface area contributed by atoms with Crippen LogP contribution in [0.15, 0.2) is 73.1 Å². The van der Waals surface area contributed by atoms with E-state index in [0.29, 0.717) is 0 Å². The van der Waals surface area contributed by atoms with Crippen molar-refractivity contribution < 1.29 is 0 Å². The topological polar surface area (TPSA) is 63.2 Å². The Hall–Kier alpha value is 1.68. The molecule has 0 fully saturated rings. The van der Waals surface area contributed by atoms with Gasteiger partial charge in [-0.25, -0.2) is 0 Å². The second-order valence-electron chi connectivity index (χ2n) is 19.2. The maximum atomic E-state index is 5.30. The fraction of sp³-hybridized carbons (Fsp3) is 0.500. The fourth-order valence-corrected chi connectivity index (χ4v) is 28.6. The highest BCUT2D eigenvalue weighted by molar-refractivity contribution is 8.43. The summed E-state index contributed by atoms with van der Waals surface area (Å²) in [6, 6.07) is 0. The van der Waals surface area contributed by atoms with Crippen LogP contribution in [0.4, 0.5) is 0 Å². The van der Waals surface area contributed by atoms with Gasteiger partial charge in [-0.1, -0.05) is 122 Å². The van der Waals surface area contributed by atoms with Gasteiger partial charge in [0.2, 0.25) is 0 Å². The molecule has 0 atom stereocenters. The standard InChI is InChI=1S/C48H60N4S16/c1-13-17-57-37-38(58-18-14-2)66-43(65-37)41-61-25-27(63-41)35-48(11,12)36-28-26(62-42(64-28)44-67-39(59-19-15-3)40(68-44)60-20-16-4)34(52-36)47(9,10)32-24(56)22(54)30(50-32)45(5,6)29-21(53)23(55)31(49-29)46(7,8)33(25)51-35/h49-56H,13-20H2,1-12H3. The summed E-state index contributed by atoms with van der Waals surface area (Å²) in [5.41, 5.74) is 7.00. The number of fused-ring (bicyclic) bond motifs is 14. The van der Waals surface area contributed by atoms with E-state index in [2.05, 4.69) is 103 Å². The molecule has 9 heterocycles. The minimum absolute atomic E-state index is 0.451. The van der Waals surface area contributed by atoms with Crippen molar-refractivity contribution in [1.29, 1.82) is 0 Å². The molecule has 0 saturated carbocycles. The van der Waals surface area contributed by atoms with Crippen molar-refractivity contribution in [2.75, 3.05) is 23.0 Å². The van der Waals surface area contributed by atoms with Crippen LogP contribution < -0.4 is 0 Å². The fourth-order valence-electron chi connectivity index (χ4n) is 8.77. The van der Waals surface area contributed by atoms with Crippen LogP contribution in [-0.2, 0) is 21.7 Å². The van der Waals surface area contributed by atoms with E-state index in [1.165, 1.54) is 102 Å². The van der Waals surface area contributed by atoms with Crippen molar-refractivity contribution >= 4 is 192 Å². The summed E-state index contributed by atoms with van der Waals surface area (Å²) in [5.74, 6) is 4.56. The van der Waals surface area contributed by atoms with Crippen LogP contribution in [0, 0.1) is 0 Å². The zero-order valence-electron chi connectivity index (χ0n) is 40.3. The molecular formula is C48H60N4S16. The van der Waals surface area contributed by atoms with Crippen molar-refractivity contribution in [2.45, 2.75) is 170 Å². The minimum Gasteiger partial charge on any atom is -0.359 e. The lowest BCUT2D eigenvalue weighted by molar-refractivity contribution is 0.533. The van der Waals surface area contributed by atoms with E-state index in [-0.39, 0.29) is 0 Å². The Labute approximate surface area is 477 Å². The molecule has 20 heteroatoms. The average Bonchev–Trinajstić information content (AvgIpc) is 4.16. The summed E-state index contributed by atoms with van der Waals surface area (Å²) in [5, 5.41) is 0. The van der Waals surface area contributed by atoms with Crippen LogP contribution in [-0.4, -0.2) is 42.9 Å². The van der Waals surface area contributed by atoms with E-state index in [9.17, 15) is 0 Å². The zero-order chi connectivity index (χ0) is 48.8. The number of hydrogen-bond donors (Lipinski definition) is 8. The summed E-state index contributed by atoms with van der Waals surface area (Å²) in [6.45, 7) is 27.9. The van der Waals surface area contributed by atoms with Gasteiger partial charge < -0.3 is 19.9 Å². The Morgan fingerprint density at radius 3 is 0.750 bits per heavy atom. The summed E-state index contributed by atoms with van der Waals surface area (Å²) >= 11 is 45.1. The van der Waals surface area contributed by atoms with Crippen molar-refractivity contribution in [1.82, 2.24) is 19.9 Å². The molecule has 8 bridgehead atoms. The highest BCUT2D eigenvalue weighted by Gasteiger charge is 2.48. The first-order chi connectivity index (χ1) is 32.2. The lowest BCUT2D eigenvalue weighted by atomic mass is 9.85. The Balaban J connectivity index is 1.25. The van der Waals surface area contributed by atoms with Gasteiger partial charge in [-0.3, -0.25) is 0 Å². The van der Waals surface area contributed by atoms with Crippen LogP contribution in [0.3, 0.4) is 0 Å². The molecule has 0 aromatic carbocycles. The summed E-state index contributed by atoms with van der Waals surface area (Å²) in [7, 11) is 0. The van der Waals surface area contributed by atoms with E-state index < -0.39 is 21.7 Å². The Kier molecular flexibility index (Phi) is 17.0. The van der Waals surface area contributed by atoms with Gasteiger partial charge in [0, 0.05) is 106 Å². The summed E-state index contributed by atoms with van der Waals surface area (Å²) in [4.78, 5) is 25.2. The molecule has 4 aromatic rings. The van der Waals surface area contributed by atoms with E-state index in [0.717, 1.165) is 65.4 Å². The number of thioether (sulfide) groups is 12. The molecule has 4 aromatic heterocycles. The molecule has 0 radical (unpaired) electrons. The number of hydrogen-bond acceptors (Lipinski definition) is 16. The molecule has 5 aliphatic heterocycles. The molecule has 9 rings (SSSR count). The van der Waals surface area contributed by atoms with Gasteiger partial charge in [-0.2, -0.15) is 0 Å². The number of H-pyrrole nitrogens is 4. The van der Waals surface area contributed by atoms with Crippen molar-refractivity contribution in [3.63, 3.8) is 0 Å². The number of aromatic nitrogens is 4. The van der Waals surface area contributed by atoms with E-state index in [1.807, 2.05) is 141 Å². The van der Waals surface area contributed by atoms with Crippen LogP contribution in [0.1, 0.15) is 154 Å². The molecule has 0 unspecified atom stereocenters. The molecule has 4 N–H and O–H groups in total. The predicted octanol–water partition coefficient (Wildman–Crippen LogP) is 20.2. The van der Waals surface area contributed by atoms with Gasteiger partial charge in [0.05, 0.1) is 33.9 Å². The summed E-state index contributed by atoms with van der Waals surface area (Å²) in [6.07, 6.45) is 4.68. The van der Waals surface area contributed by atoms with Crippen LogP contribution in [0.2, 0.25) is 0 Å². The lowest BCUT2D eigenvalue weighted by Gasteiger charge is -2.29. The zero-order valence-corrected chi connectivity index (χ0v) is 53.7. The van der Waals surface area contributed by atoms with E-state index in [4.69, 9.17) is 50.5 Å². The number of nitrogens with one attached hydrogen (secondary N) is 4. The maximum absolute atomic E-state index is 5.30. The van der Waals surface area contributed by atoms with Crippen molar-refractivity contribution in [3.05, 3.63) is 79.4 Å². The van der Waals surface area contributed by atoms with Gasteiger partial charge in [0.25, 0.3) is 0 Å². The molecular weight excluding hydrogens is 1150 g/mol. The SMILES string of the molecule is CCCSC1=C(SCCC)SC(=C2Sc3c4[nH]c(c3S2)C(C)(C)c2[nH]c(c3c2SC(=C2SC(SCCC)=C(SCCC)S2)S3)C(C)(C)c2[nH]c(c(S)c2S)C(C)(C)c2[nH]c(c(S)c2S)C4(C)C)S1. The molecule has 68 heavy (non-hydrogen) atoms. The first kappa shape index (κ1) is 54.5. The average molecular weight is 1210 g/mol. The number of thiol groups is 4. The Morgan fingerprint density at radius 2 is 0.515 bits per heavy atom. The largest absolute Gasteiger partial charge is 0.359 e. The quantitative estimate of drug-likeness (QED) is 0.0652. The van der Waals surface area contributed by atoms with Gasteiger partial charge in [0.15, 0.2) is 0 Å². The second kappa shape index (κ2) is 21.2. The molecule has 5 aliphatic rings. The normalized spacial score (nSPS) is 20.2. The first-order valence-corrected chi connectivity index (χ1v) is 35.2. The third-order valence-corrected chi connectivity index (χ3v) is 33.0. The third-order valence-electron chi connectivity index (χ3n) is 12.7. The Morgan fingerprint density at radius 1 is 0.324 bits per heavy atom. The lowest BCUT2D eigenvalue weighted by Crippen LogP contribution is -2.27. The molecule has 4 nitrogen and oxygen atoms in total. The van der Waals surface area contributed by atoms with Gasteiger partial charge in [-0.05, 0) is 104 Å². The molecule has 0 amide bonds. The predicted molar refractivity (Wildman–Crippen MR) is 334 cm³/mol. The van der Waals surface area contributed by atoms with E-state index >= 15 is 0 Å². The molecule has 0 aliphatic carbocycles. The monoisotopic (exact) mass is 1200 g/mol. The maximum Gasteiger partial charge on any atom is 0.0717 e. The second-order valence-corrected chi connectivity index (χ2v) is 35.7. The molecule has 0 spiro atoms. The van der Waals surface area contributed by atoms with Gasteiger partial charge >= 0.3 is 0 Å².